The molecule has 0 fully saturated rings. The minimum absolute atomic E-state index is 0.0832. The van der Waals surface area contributed by atoms with Gasteiger partial charge in [-0.1, -0.05) is 48.0 Å². The maximum atomic E-state index is 12.7. The van der Waals surface area contributed by atoms with Crippen LogP contribution in [0, 0.1) is 0 Å². The van der Waals surface area contributed by atoms with Crippen molar-refractivity contribution in [2.45, 2.75) is 6.54 Å². The van der Waals surface area contributed by atoms with E-state index in [2.05, 4.69) is 15.6 Å². The fraction of sp³-hybridized carbons (Fsp3) is 0.0435. The highest BCUT2D eigenvalue weighted by molar-refractivity contribution is 6.49. The fourth-order valence-corrected chi connectivity index (χ4v) is 3.36. The lowest BCUT2D eigenvalue weighted by molar-refractivity contribution is 0.0974. The highest BCUT2D eigenvalue weighted by Gasteiger charge is 2.30. The molecule has 0 spiro atoms. The number of hydrogen-bond acceptors (Lipinski definition) is 5. The first-order valence-corrected chi connectivity index (χ1v) is 9.55. The van der Waals surface area contributed by atoms with Crippen molar-refractivity contribution in [3.05, 3.63) is 106 Å². The summed E-state index contributed by atoms with van der Waals surface area (Å²) in [7, 11) is 0. The summed E-state index contributed by atoms with van der Waals surface area (Å²) < 4.78 is 0. The lowest BCUT2D eigenvalue weighted by Gasteiger charge is -2.19. The summed E-state index contributed by atoms with van der Waals surface area (Å²) in [5.74, 6) is -0.933. The third-order valence-corrected chi connectivity index (χ3v) is 5.05. The number of aromatic nitrogens is 1. The lowest BCUT2D eigenvalue weighted by Crippen LogP contribution is -2.28. The number of allylic oxidation sites excluding steroid dienone is 2. The molecule has 2 aromatic carbocycles. The summed E-state index contributed by atoms with van der Waals surface area (Å²) in [6.45, 7) is 0.277. The average Bonchev–Trinajstić information content (AvgIpc) is 2.78. The van der Waals surface area contributed by atoms with Crippen molar-refractivity contribution in [2.75, 3.05) is 5.32 Å². The van der Waals surface area contributed by atoms with Crippen LogP contribution in [-0.2, 0) is 6.54 Å². The first-order chi connectivity index (χ1) is 14.5. The second-order valence-electron chi connectivity index (χ2n) is 6.63. The van der Waals surface area contributed by atoms with Crippen LogP contribution in [0.2, 0.25) is 0 Å². The number of benzene rings is 2. The van der Waals surface area contributed by atoms with Crippen LogP contribution in [0.1, 0.15) is 36.6 Å². The van der Waals surface area contributed by atoms with Crippen molar-refractivity contribution < 1.29 is 14.4 Å². The van der Waals surface area contributed by atoms with Crippen LogP contribution in [-0.4, -0.2) is 22.5 Å². The van der Waals surface area contributed by atoms with E-state index in [4.69, 9.17) is 11.6 Å². The smallest absolute Gasteiger partial charge is 0.255 e. The molecule has 6 nitrogen and oxygen atoms in total. The predicted octanol–water partition coefficient (Wildman–Crippen LogP) is 3.95. The molecule has 0 atom stereocenters. The molecule has 0 aliphatic heterocycles. The number of pyridine rings is 1. The molecular weight excluding hydrogens is 402 g/mol. The van der Waals surface area contributed by atoms with Gasteiger partial charge in [0.1, 0.15) is 10.7 Å². The van der Waals surface area contributed by atoms with E-state index >= 15 is 0 Å². The molecule has 1 amide bonds. The first kappa shape index (κ1) is 19.5. The second kappa shape index (κ2) is 8.31. The Hall–Kier alpha value is -3.77. The third kappa shape index (κ3) is 3.86. The molecule has 0 saturated heterocycles. The number of nitrogens with zero attached hydrogens (tertiary/aromatic N) is 1. The summed E-state index contributed by atoms with van der Waals surface area (Å²) in [5, 5.41) is 5.63. The summed E-state index contributed by atoms with van der Waals surface area (Å²) in [6.07, 6.45) is 3.19. The number of nitrogens with one attached hydrogen (secondary N) is 2. The molecule has 0 bridgehead atoms. The van der Waals surface area contributed by atoms with Crippen molar-refractivity contribution in [3.63, 3.8) is 0 Å². The van der Waals surface area contributed by atoms with Gasteiger partial charge in [0.15, 0.2) is 0 Å². The number of hydrogen-bond donors (Lipinski definition) is 2. The number of carbonyl (C=O) groups is 3. The van der Waals surface area contributed by atoms with E-state index in [0.717, 1.165) is 5.56 Å². The Bertz CT molecular complexity index is 1170. The molecule has 7 heteroatoms. The van der Waals surface area contributed by atoms with Crippen LogP contribution in [0.5, 0.6) is 0 Å². The molecular formula is C23H16ClN3O3. The summed E-state index contributed by atoms with van der Waals surface area (Å²) in [6, 6.07) is 16.9. The lowest BCUT2D eigenvalue weighted by atomic mass is 9.92. The van der Waals surface area contributed by atoms with Crippen LogP contribution in [0.4, 0.5) is 5.69 Å². The van der Waals surface area contributed by atoms with E-state index in [1.807, 2.05) is 0 Å². The number of rotatable bonds is 5. The Morgan fingerprint density at radius 1 is 0.867 bits per heavy atom. The Morgan fingerprint density at radius 2 is 1.50 bits per heavy atom. The van der Waals surface area contributed by atoms with Gasteiger partial charge in [-0.2, -0.15) is 0 Å². The van der Waals surface area contributed by atoms with Gasteiger partial charge in [-0.25, -0.2) is 0 Å². The Balaban J connectivity index is 1.44. The van der Waals surface area contributed by atoms with Crippen molar-refractivity contribution in [3.8, 4) is 0 Å². The molecule has 0 unspecified atom stereocenters. The zero-order chi connectivity index (χ0) is 21.1. The van der Waals surface area contributed by atoms with Crippen LogP contribution in [0.15, 0.2) is 83.8 Å². The Morgan fingerprint density at radius 3 is 2.17 bits per heavy atom. The first-order valence-electron chi connectivity index (χ1n) is 9.17. The maximum absolute atomic E-state index is 12.7. The van der Waals surface area contributed by atoms with E-state index in [9.17, 15) is 14.4 Å². The topological polar surface area (TPSA) is 88.2 Å². The molecule has 0 radical (unpaired) electrons. The molecule has 1 aromatic heterocycles. The van der Waals surface area contributed by atoms with Gasteiger partial charge in [-0.05, 0) is 29.8 Å². The zero-order valence-electron chi connectivity index (χ0n) is 15.7. The van der Waals surface area contributed by atoms with Gasteiger partial charge in [0, 0.05) is 41.3 Å². The molecule has 4 rings (SSSR count). The minimum Gasteiger partial charge on any atom is -0.376 e. The number of fused-ring (bicyclic) bond motifs is 1. The summed E-state index contributed by atoms with van der Waals surface area (Å²) >= 11 is 6.16. The van der Waals surface area contributed by atoms with Crippen molar-refractivity contribution in [1.29, 1.82) is 0 Å². The zero-order valence-corrected chi connectivity index (χ0v) is 16.4. The molecule has 1 aliphatic rings. The van der Waals surface area contributed by atoms with Gasteiger partial charge >= 0.3 is 0 Å². The minimum atomic E-state index is -0.377. The Kier molecular flexibility index (Phi) is 5.41. The normalized spacial score (nSPS) is 13.1. The fourth-order valence-electron chi connectivity index (χ4n) is 3.11. The summed E-state index contributed by atoms with van der Waals surface area (Å²) in [5.41, 5.74) is 2.69. The number of amides is 1. The van der Waals surface area contributed by atoms with Gasteiger partial charge in [0.2, 0.25) is 11.6 Å². The molecule has 2 N–H and O–H groups in total. The van der Waals surface area contributed by atoms with Crippen LogP contribution in [0.25, 0.3) is 0 Å². The maximum Gasteiger partial charge on any atom is 0.255 e. The molecule has 1 heterocycles. The van der Waals surface area contributed by atoms with E-state index < -0.39 is 0 Å². The summed E-state index contributed by atoms with van der Waals surface area (Å²) in [4.78, 5) is 41.3. The molecule has 3 aromatic rings. The quantitative estimate of drug-likeness (QED) is 0.656. The van der Waals surface area contributed by atoms with Gasteiger partial charge in [0.05, 0.1) is 0 Å². The number of anilines is 1. The monoisotopic (exact) mass is 417 g/mol. The number of Topliss-reactive ketones (excluding diaryl/α,β-unsaturated/α-hetero) is 2. The van der Waals surface area contributed by atoms with Gasteiger partial charge in [-0.15, -0.1) is 0 Å². The van der Waals surface area contributed by atoms with Crippen LogP contribution in [0.3, 0.4) is 0 Å². The Labute approximate surface area is 177 Å². The molecule has 148 valence electrons. The van der Waals surface area contributed by atoms with E-state index in [1.54, 1.807) is 73.1 Å². The van der Waals surface area contributed by atoms with Crippen molar-refractivity contribution in [2.24, 2.45) is 0 Å². The highest BCUT2D eigenvalue weighted by Crippen LogP contribution is 2.27. The molecule has 0 saturated carbocycles. The van der Waals surface area contributed by atoms with Gasteiger partial charge in [0.25, 0.3) is 5.91 Å². The van der Waals surface area contributed by atoms with Crippen molar-refractivity contribution in [1.82, 2.24) is 10.3 Å². The average molecular weight is 418 g/mol. The third-order valence-electron chi connectivity index (χ3n) is 4.69. The second-order valence-corrected chi connectivity index (χ2v) is 7.01. The van der Waals surface area contributed by atoms with Gasteiger partial charge in [-0.3, -0.25) is 19.4 Å². The van der Waals surface area contributed by atoms with Crippen molar-refractivity contribution >= 4 is 34.8 Å². The number of carbonyl (C=O) groups excluding carboxylic acids is 3. The van der Waals surface area contributed by atoms with E-state index in [0.29, 0.717) is 22.4 Å². The standard InChI is InChI=1S/C23H16ClN3O3/c24-19-20(22(29)18-4-2-1-3-17(18)21(19)28)26-13-14-5-7-15(8-6-14)23(30)27-16-9-11-25-12-10-16/h1-12,26H,13H2,(H,25,27,30). The van der Waals surface area contributed by atoms with Gasteiger partial charge < -0.3 is 10.6 Å². The number of halogens is 1. The largest absolute Gasteiger partial charge is 0.376 e. The molecule has 30 heavy (non-hydrogen) atoms. The van der Waals surface area contributed by atoms with E-state index in [1.165, 1.54) is 0 Å². The SMILES string of the molecule is O=C(Nc1ccncc1)c1ccc(CNC2=C(Cl)C(=O)c3ccccc3C2=O)cc1. The molecule has 1 aliphatic carbocycles. The van der Waals surface area contributed by atoms with Crippen LogP contribution >= 0.6 is 11.6 Å². The highest BCUT2D eigenvalue weighted by atomic mass is 35.5. The van der Waals surface area contributed by atoms with E-state index in [-0.39, 0.29) is 34.7 Å². The van der Waals surface area contributed by atoms with Crippen LogP contribution < -0.4 is 10.6 Å². The predicted molar refractivity (Wildman–Crippen MR) is 113 cm³/mol. The number of ketones is 2.